The van der Waals surface area contributed by atoms with Gasteiger partial charge in [-0.2, -0.15) is 0 Å². The molecule has 0 spiro atoms. The summed E-state index contributed by atoms with van der Waals surface area (Å²) in [6.07, 6.45) is 4.19. The highest BCUT2D eigenvalue weighted by Gasteiger charge is 2.02. The molecule has 0 bridgehead atoms. The van der Waals surface area contributed by atoms with Crippen molar-refractivity contribution in [2.24, 2.45) is 5.73 Å². The van der Waals surface area contributed by atoms with Gasteiger partial charge in [0.15, 0.2) is 11.6 Å². The van der Waals surface area contributed by atoms with E-state index in [9.17, 15) is 0 Å². The summed E-state index contributed by atoms with van der Waals surface area (Å²) in [5, 5.41) is 0. The predicted octanol–water partition coefficient (Wildman–Crippen LogP) is 2.63. The van der Waals surface area contributed by atoms with Crippen LogP contribution >= 0.6 is 15.9 Å². The van der Waals surface area contributed by atoms with Crippen LogP contribution in [0.5, 0.6) is 5.75 Å². The number of nitrogens with zero attached hydrogens (tertiary/aromatic N) is 2. The molecule has 5 heteroatoms. The highest BCUT2D eigenvalue weighted by atomic mass is 79.9. The Morgan fingerprint density at radius 3 is 2.67 bits per heavy atom. The lowest BCUT2D eigenvalue weighted by Gasteiger charge is -2.05. The zero-order valence-electron chi connectivity index (χ0n) is 9.84. The Kier molecular flexibility index (Phi) is 4.66. The van der Waals surface area contributed by atoms with E-state index in [1.165, 1.54) is 0 Å². The summed E-state index contributed by atoms with van der Waals surface area (Å²) in [6.45, 7) is 1.22. The van der Waals surface area contributed by atoms with Gasteiger partial charge in [-0.05, 0) is 25.1 Å². The van der Waals surface area contributed by atoms with E-state index in [2.05, 4.69) is 25.9 Å². The molecule has 1 aromatic heterocycles. The van der Waals surface area contributed by atoms with E-state index in [4.69, 9.17) is 10.5 Å². The first-order chi connectivity index (χ1) is 8.79. The van der Waals surface area contributed by atoms with Crippen molar-refractivity contribution in [2.45, 2.75) is 6.42 Å². The van der Waals surface area contributed by atoms with Crippen molar-refractivity contribution < 1.29 is 4.74 Å². The Balaban J connectivity index is 2.07. The van der Waals surface area contributed by atoms with Gasteiger partial charge < -0.3 is 10.5 Å². The summed E-state index contributed by atoms with van der Waals surface area (Å²) in [7, 11) is 0. The summed E-state index contributed by atoms with van der Waals surface area (Å²) in [5.41, 5.74) is 6.36. The molecule has 4 nitrogen and oxygen atoms in total. The van der Waals surface area contributed by atoms with Crippen LogP contribution in [0.15, 0.2) is 41.1 Å². The second-order valence-electron chi connectivity index (χ2n) is 3.74. The second-order valence-corrected chi connectivity index (χ2v) is 4.66. The zero-order valence-corrected chi connectivity index (χ0v) is 11.4. The molecular formula is C13H14BrN3O. The number of aromatic nitrogens is 2. The Hall–Kier alpha value is -1.46. The summed E-state index contributed by atoms with van der Waals surface area (Å²) >= 11 is 3.42. The Morgan fingerprint density at radius 1 is 1.22 bits per heavy atom. The highest BCUT2D eigenvalue weighted by molar-refractivity contribution is 9.10. The summed E-state index contributed by atoms with van der Waals surface area (Å²) in [5.74, 6) is 1.35. The predicted molar refractivity (Wildman–Crippen MR) is 74.3 cm³/mol. The molecular weight excluding hydrogens is 294 g/mol. The Morgan fingerprint density at radius 2 is 2.00 bits per heavy atom. The molecule has 2 rings (SSSR count). The number of rotatable bonds is 5. The van der Waals surface area contributed by atoms with Gasteiger partial charge in [-0.15, -0.1) is 0 Å². The molecule has 1 heterocycles. The van der Waals surface area contributed by atoms with Gasteiger partial charge in [-0.3, -0.25) is 0 Å². The molecule has 0 aliphatic heterocycles. The molecule has 94 valence electrons. The average Bonchev–Trinajstić information content (AvgIpc) is 2.40. The SMILES string of the molecule is NCCCOc1cnc(-c2cccc(Br)c2)nc1. The van der Waals surface area contributed by atoms with Gasteiger partial charge in [0.2, 0.25) is 0 Å². The minimum absolute atomic E-state index is 0.593. The van der Waals surface area contributed by atoms with Gasteiger partial charge in [0, 0.05) is 10.0 Å². The van der Waals surface area contributed by atoms with E-state index in [0.29, 0.717) is 24.7 Å². The molecule has 0 atom stereocenters. The van der Waals surface area contributed by atoms with E-state index in [1.807, 2.05) is 24.3 Å². The van der Waals surface area contributed by atoms with Crippen LogP contribution in [0.4, 0.5) is 0 Å². The molecule has 0 amide bonds. The molecule has 0 saturated carbocycles. The lowest BCUT2D eigenvalue weighted by Crippen LogP contribution is -2.06. The van der Waals surface area contributed by atoms with Gasteiger partial charge in [0.25, 0.3) is 0 Å². The number of halogens is 1. The number of benzene rings is 1. The van der Waals surface area contributed by atoms with E-state index >= 15 is 0 Å². The minimum atomic E-state index is 0.593. The van der Waals surface area contributed by atoms with Gasteiger partial charge in [0.1, 0.15) is 0 Å². The molecule has 0 fully saturated rings. The standard InChI is InChI=1S/C13H14BrN3O/c14-11-4-1-3-10(7-11)13-16-8-12(9-17-13)18-6-2-5-15/h1,3-4,7-9H,2,5-6,15H2. The van der Waals surface area contributed by atoms with Crippen LogP contribution in [-0.4, -0.2) is 23.1 Å². The third-order valence-corrected chi connectivity index (χ3v) is 2.82. The van der Waals surface area contributed by atoms with Crippen molar-refractivity contribution in [2.75, 3.05) is 13.2 Å². The van der Waals surface area contributed by atoms with Crippen molar-refractivity contribution >= 4 is 15.9 Å². The van der Waals surface area contributed by atoms with E-state index < -0.39 is 0 Å². The number of hydrogen-bond donors (Lipinski definition) is 1. The van der Waals surface area contributed by atoms with E-state index in [0.717, 1.165) is 16.5 Å². The smallest absolute Gasteiger partial charge is 0.159 e. The van der Waals surface area contributed by atoms with Crippen LogP contribution in [-0.2, 0) is 0 Å². The molecule has 1 aromatic carbocycles. The fraction of sp³-hybridized carbons (Fsp3) is 0.231. The maximum absolute atomic E-state index is 5.45. The average molecular weight is 308 g/mol. The fourth-order valence-electron chi connectivity index (χ4n) is 1.44. The van der Waals surface area contributed by atoms with Crippen molar-refractivity contribution in [1.29, 1.82) is 0 Å². The molecule has 0 radical (unpaired) electrons. The molecule has 2 aromatic rings. The van der Waals surface area contributed by atoms with Crippen LogP contribution in [0, 0.1) is 0 Å². The van der Waals surface area contributed by atoms with Crippen molar-refractivity contribution in [1.82, 2.24) is 9.97 Å². The molecule has 0 aliphatic carbocycles. The maximum Gasteiger partial charge on any atom is 0.159 e. The molecule has 0 aliphatic rings. The summed E-state index contributed by atoms with van der Waals surface area (Å²) in [4.78, 5) is 8.56. The monoisotopic (exact) mass is 307 g/mol. The van der Waals surface area contributed by atoms with Crippen LogP contribution < -0.4 is 10.5 Å². The first-order valence-corrected chi connectivity index (χ1v) is 6.50. The lowest BCUT2D eigenvalue weighted by atomic mass is 10.2. The lowest BCUT2D eigenvalue weighted by molar-refractivity contribution is 0.311. The van der Waals surface area contributed by atoms with Gasteiger partial charge in [-0.1, -0.05) is 28.1 Å². The first kappa shape index (κ1) is 13.0. The van der Waals surface area contributed by atoms with Crippen LogP contribution in [0.3, 0.4) is 0 Å². The Bertz CT molecular complexity index is 502. The maximum atomic E-state index is 5.45. The van der Waals surface area contributed by atoms with Gasteiger partial charge in [-0.25, -0.2) is 9.97 Å². The highest BCUT2D eigenvalue weighted by Crippen LogP contribution is 2.20. The van der Waals surface area contributed by atoms with Crippen molar-refractivity contribution in [3.05, 3.63) is 41.1 Å². The van der Waals surface area contributed by atoms with Crippen molar-refractivity contribution in [3.8, 4) is 17.1 Å². The molecule has 2 N–H and O–H groups in total. The number of ether oxygens (including phenoxy) is 1. The number of hydrogen-bond acceptors (Lipinski definition) is 4. The molecule has 0 unspecified atom stereocenters. The molecule has 0 saturated heterocycles. The van der Waals surface area contributed by atoms with Crippen LogP contribution in [0.1, 0.15) is 6.42 Å². The topological polar surface area (TPSA) is 61.0 Å². The van der Waals surface area contributed by atoms with Gasteiger partial charge in [0.05, 0.1) is 19.0 Å². The fourth-order valence-corrected chi connectivity index (χ4v) is 1.84. The second kappa shape index (κ2) is 6.47. The minimum Gasteiger partial charge on any atom is -0.490 e. The zero-order chi connectivity index (χ0) is 12.8. The summed E-state index contributed by atoms with van der Waals surface area (Å²) < 4.78 is 6.45. The van der Waals surface area contributed by atoms with E-state index in [-0.39, 0.29) is 0 Å². The summed E-state index contributed by atoms with van der Waals surface area (Å²) in [6, 6.07) is 7.86. The molecule has 18 heavy (non-hydrogen) atoms. The van der Waals surface area contributed by atoms with Gasteiger partial charge >= 0.3 is 0 Å². The van der Waals surface area contributed by atoms with Crippen LogP contribution in [0.2, 0.25) is 0 Å². The van der Waals surface area contributed by atoms with Crippen molar-refractivity contribution in [3.63, 3.8) is 0 Å². The van der Waals surface area contributed by atoms with E-state index in [1.54, 1.807) is 12.4 Å². The number of nitrogens with two attached hydrogens (primary N) is 1. The third kappa shape index (κ3) is 3.51. The first-order valence-electron chi connectivity index (χ1n) is 5.70. The normalized spacial score (nSPS) is 10.3. The quantitative estimate of drug-likeness (QED) is 0.863. The van der Waals surface area contributed by atoms with Crippen LogP contribution in [0.25, 0.3) is 11.4 Å². The largest absolute Gasteiger partial charge is 0.490 e. The third-order valence-electron chi connectivity index (χ3n) is 2.33. The Labute approximate surface area is 114 Å².